The number of hydrogen-bond donors (Lipinski definition) is 1. The molecule has 0 saturated heterocycles. The van der Waals surface area contributed by atoms with E-state index in [1.165, 1.54) is 50.3 Å². The Bertz CT molecular complexity index is 754. The van der Waals surface area contributed by atoms with Crippen LogP contribution in [0.25, 0.3) is 0 Å². The van der Waals surface area contributed by atoms with Gasteiger partial charge in [-0.15, -0.1) is 10.2 Å². The highest BCUT2D eigenvalue weighted by Crippen LogP contribution is 2.28. The number of benzene rings is 1. The summed E-state index contributed by atoms with van der Waals surface area (Å²) in [5.74, 6) is 2.91. The van der Waals surface area contributed by atoms with Crippen molar-refractivity contribution in [2.45, 2.75) is 63.6 Å². The molecule has 0 aliphatic heterocycles. The second-order valence-electron chi connectivity index (χ2n) is 7.25. The first-order chi connectivity index (χ1) is 13.7. The summed E-state index contributed by atoms with van der Waals surface area (Å²) >= 11 is 1.44. The number of aryl methyl sites for hydroxylation is 1. The Morgan fingerprint density at radius 3 is 2.64 bits per heavy atom. The van der Waals surface area contributed by atoms with Crippen molar-refractivity contribution < 1.29 is 9.53 Å². The van der Waals surface area contributed by atoms with Crippen molar-refractivity contribution in [3.63, 3.8) is 0 Å². The minimum atomic E-state index is -0.0513. The van der Waals surface area contributed by atoms with Gasteiger partial charge in [-0.25, -0.2) is 0 Å². The number of ether oxygens (including phenoxy) is 1. The molecule has 0 unspecified atom stereocenters. The lowest BCUT2D eigenvalue weighted by molar-refractivity contribution is -0.113. The summed E-state index contributed by atoms with van der Waals surface area (Å²) in [4.78, 5) is 12.3. The van der Waals surface area contributed by atoms with Crippen molar-refractivity contribution in [1.82, 2.24) is 14.8 Å². The molecular formula is C21H30N4O2S. The highest BCUT2D eigenvalue weighted by Gasteiger charge is 2.17. The summed E-state index contributed by atoms with van der Waals surface area (Å²) in [6.07, 6.45) is 9.01. The van der Waals surface area contributed by atoms with Crippen LogP contribution in [0.3, 0.4) is 0 Å². The van der Waals surface area contributed by atoms with Crippen LogP contribution >= 0.6 is 11.8 Å². The van der Waals surface area contributed by atoms with Gasteiger partial charge in [0.1, 0.15) is 11.6 Å². The topological polar surface area (TPSA) is 69.0 Å². The highest BCUT2D eigenvalue weighted by molar-refractivity contribution is 7.99. The maximum atomic E-state index is 12.3. The van der Waals surface area contributed by atoms with Gasteiger partial charge in [-0.2, -0.15) is 0 Å². The summed E-state index contributed by atoms with van der Waals surface area (Å²) in [6.45, 7) is 2.93. The van der Waals surface area contributed by atoms with E-state index in [1.54, 1.807) is 7.11 Å². The van der Waals surface area contributed by atoms with Crippen LogP contribution in [0.4, 0.5) is 5.69 Å². The third-order valence-electron chi connectivity index (χ3n) is 5.32. The van der Waals surface area contributed by atoms with Gasteiger partial charge < -0.3 is 14.6 Å². The van der Waals surface area contributed by atoms with Gasteiger partial charge in [0, 0.05) is 18.7 Å². The first-order valence-corrected chi connectivity index (χ1v) is 11.2. The molecule has 1 amide bonds. The van der Waals surface area contributed by atoms with E-state index in [9.17, 15) is 4.79 Å². The molecule has 1 fully saturated rings. The van der Waals surface area contributed by atoms with Crippen LogP contribution < -0.4 is 10.1 Å². The second kappa shape index (κ2) is 10.5. The Morgan fingerprint density at radius 2 is 1.96 bits per heavy atom. The quantitative estimate of drug-likeness (QED) is 0.623. The van der Waals surface area contributed by atoms with E-state index in [4.69, 9.17) is 4.74 Å². The maximum Gasteiger partial charge on any atom is 0.234 e. The van der Waals surface area contributed by atoms with Crippen LogP contribution in [0, 0.1) is 5.92 Å². The molecule has 0 bridgehead atoms. The van der Waals surface area contributed by atoms with Gasteiger partial charge in [0.15, 0.2) is 5.16 Å². The van der Waals surface area contributed by atoms with Crippen LogP contribution in [-0.2, 0) is 17.8 Å². The van der Waals surface area contributed by atoms with E-state index < -0.39 is 0 Å². The molecular weight excluding hydrogens is 372 g/mol. The van der Waals surface area contributed by atoms with Crippen molar-refractivity contribution in [1.29, 1.82) is 0 Å². The zero-order chi connectivity index (χ0) is 19.8. The van der Waals surface area contributed by atoms with E-state index >= 15 is 0 Å². The van der Waals surface area contributed by atoms with Crippen molar-refractivity contribution in [3.8, 4) is 5.75 Å². The van der Waals surface area contributed by atoms with Crippen LogP contribution in [-0.4, -0.2) is 33.5 Å². The van der Waals surface area contributed by atoms with Crippen molar-refractivity contribution >= 4 is 23.4 Å². The van der Waals surface area contributed by atoms with Crippen LogP contribution in [0.15, 0.2) is 29.4 Å². The number of amides is 1. The van der Waals surface area contributed by atoms with E-state index in [2.05, 4.69) is 27.0 Å². The van der Waals surface area contributed by atoms with Gasteiger partial charge in [-0.3, -0.25) is 4.79 Å². The smallest absolute Gasteiger partial charge is 0.234 e. The summed E-state index contributed by atoms with van der Waals surface area (Å²) in [5.41, 5.74) is 0.761. The SMILES string of the molecule is CCn1c(CCC2CCCCC2)nnc1SCC(=O)Nc1ccc(OC)cc1. The third-order valence-corrected chi connectivity index (χ3v) is 6.28. The molecule has 1 aliphatic rings. The lowest BCUT2D eigenvalue weighted by Gasteiger charge is -2.21. The summed E-state index contributed by atoms with van der Waals surface area (Å²) < 4.78 is 7.28. The highest BCUT2D eigenvalue weighted by atomic mass is 32.2. The zero-order valence-corrected chi connectivity index (χ0v) is 17.6. The van der Waals surface area contributed by atoms with Crippen molar-refractivity contribution in [2.75, 3.05) is 18.2 Å². The molecule has 152 valence electrons. The number of nitrogens with one attached hydrogen (secondary N) is 1. The van der Waals surface area contributed by atoms with Crippen LogP contribution in [0.1, 0.15) is 51.3 Å². The van der Waals surface area contributed by atoms with Gasteiger partial charge in [-0.05, 0) is 43.5 Å². The fourth-order valence-corrected chi connectivity index (χ4v) is 4.56. The monoisotopic (exact) mass is 402 g/mol. The molecule has 7 heteroatoms. The molecule has 0 atom stereocenters. The Labute approximate surface area is 171 Å². The predicted molar refractivity (Wildman–Crippen MR) is 113 cm³/mol. The maximum absolute atomic E-state index is 12.3. The van der Waals surface area contributed by atoms with Gasteiger partial charge in [0.25, 0.3) is 0 Å². The predicted octanol–water partition coefficient (Wildman–Crippen LogP) is 4.55. The first-order valence-electron chi connectivity index (χ1n) is 10.2. The molecule has 1 heterocycles. The number of anilines is 1. The molecule has 2 aromatic rings. The Hall–Kier alpha value is -2.02. The number of rotatable bonds is 9. The minimum absolute atomic E-state index is 0.0513. The number of aromatic nitrogens is 3. The Balaban J connectivity index is 1.50. The van der Waals surface area contributed by atoms with Crippen LogP contribution in [0.2, 0.25) is 0 Å². The molecule has 1 saturated carbocycles. The van der Waals surface area contributed by atoms with E-state index in [0.717, 1.165) is 41.3 Å². The van der Waals surface area contributed by atoms with Crippen molar-refractivity contribution in [2.24, 2.45) is 5.92 Å². The van der Waals surface area contributed by atoms with E-state index in [0.29, 0.717) is 5.75 Å². The first kappa shape index (κ1) is 20.7. The summed E-state index contributed by atoms with van der Waals surface area (Å²) in [7, 11) is 1.62. The largest absolute Gasteiger partial charge is 0.497 e. The molecule has 0 radical (unpaired) electrons. The number of hydrogen-bond acceptors (Lipinski definition) is 5. The van der Waals surface area contributed by atoms with Gasteiger partial charge in [0.2, 0.25) is 5.91 Å². The molecule has 1 aromatic heterocycles. The standard InChI is InChI=1S/C21H30N4O2S/c1-3-25-19(14-9-16-7-5-4-6-8-16)23-24-21(25)28-15-20(26)22-17-10-12-18(27-2)13-11-17/h10-13,16H,3-9,14-15H2,1-2H3,(H,22,26). The average molecular weight is 403 g/mol. The number of carbonyl (C=O) groups excluding carboxylic acids is 1. The zero-order valence-electron chi connectivity index (χ0n) is 16.8. The second-order valence-corrected chi connectivity index (χ2v) is 8.19. The normalized spacial score (nSPS) is 14.8. The third kappa shape index (κ3) is 5.74. The molecule has 1 aromatic carbocycles. The van der Waals surface area contributed by atoms with Crippen molar-refractivity contribution in [3.05, 3.63) is 30.1 Å². The molecule has 28 heavy (non-hydrogen) atoms. The molecule has 3 rings (SSSR count). The number of thioether (sulfide) groups is 1. The summed E-state index contributed by atoms with van der Waals surface area (Å²) in [6, 6.07) is 7.32. The lowest BCUT2D eigenvalue weighted by atomic mass is 9.86. The molecule has 1 N–H and O–H groups in total. The minimum Gasteiger partial charge on any atom is -0.497 e. The van der Waals surface area contributed by atoms with Gasteiger partial charge >= 0.3 is 0 Å². The lowest BCUT2D eigenvalue weighted by Crippen LogP contribution is -2.15. The fourth-order valence-electron chi connectivity index (χ4n) is 3.74. The van der Waals surface area contributed by atoms with Gasteiger partial charge in [-0.1, -0.05) is 43.9 Å². The summed E-state index contributed by atoms with van der Waals surface area (Å²) in [5, 5.41) is 12.5. The van der Waals surface area contributed by atoms with Gasteiger partial charge in [0.05, 0.1) is 12.9 Å². The average Bonchev–Trinajstić information content (AvgIpc) is 3.14. The number of nitrogens with zero attached hydrogens (tertiary/aromatic N) is 3. The molecule has 0 spiro atoms. The number of methoxy groups -OCH3 is 1. The molecule has 6 nitrogen and oxygen atoms in total. The van der Waals surface area contributed by atoms with Crippen LogP contribution in [0.5, 0.6) is 5.75 Å². The molecule has 1 aliphatic carbocycles. The Kier molecular flexibility index (Phi) is 7.77. The van der Waals surface area contributed by atoms with E-state index in [-0.39, 0.29) is 5.91 Å². The number of carbonyl (C=O) groups is 1. The van der Waals surface area contributed by atoms with E-state index in [1.807, 2.05) is 24.3 Å². The fraction of sp³-hybridized carbons (Fsp3) is 0.571. The Morgan fingerprint density at radius 1 is 1.21 bits per heavy atom.